The van der Waals surface area contributed by atoms with Gasteiger partial charge in [0.25, 0.3) is 0 Å². The fraction of sp³-hybridized carbons (Fsp3) is 0.417. The van der Waals surface area contributed by atoms with Crippen molar-refractivity contribution < 1.29 is 0 Å². The highest BCUT2D eigenvalue weighted by molar-refractivity contribution is 9.10. The van der Waals surface area contributed by atoms with Crippen molar-refractivity contribution in [1.29, 1.82) is 0 Å². The average Bonchev–Trinajstić information content (AvgIpc) is 2.14. The molecule has 2 nitrogen and oxygen atoms in total. The van der Waals surface area contributed by atoms with Crippen LogP contribution in [0.2, 0.25) is 0 Å². The highest BCUT2D eigenvalue weighted by Gasteiger charge is 2.22. The van der Waals surface area contributed by atoms with Gasteiger partial charge in [-0.1, -0.05) is 12.2 Å². The first-order chi connectivity index (χ1) is 7.59. The molecule has 0 aromatic heterocycles. The van der Waals surface area contributed by atoms with Gasteiger partial charge in [0, 0.05) is 28.8 Å². The molecule has 1 aromatic rings. The molecule has 16 heavy (non-hydrogen) atoms. The zero-order valence-electron chi connectivity index (χ0n) is 9.24. The van der Waals surface area contributed by atoms with Gasteiger partial charge in [-0.25, -0.2) is 0 Å². The van der Waals surface area contributed by atoms with Gasteiger partial charge in [0.1, 0.15) is 4.99 Å². The van der Waals surface area contributed by atoms with Crippen LogP contribution in [0.4, 0.5) is 5.69 Å². The Morgan fingerprint density at radius 1 is 1.50 bits per heavy atom. The summed E-state index contributed by atoms with van der Waals surface area (Å²) in [6.07, 6.45) is 3.94. The number of hydrogen-bond acceptors (Lipinski definition) is 2. The zero-order chi connectivity index (χ0) is 11.7. The van der Waals surface area contributed by atoms with Crippen LogP contribution in [0.1, 0.15) is 24.8 Å². The van der Waals surface area contributed by atoms with Crippen LogP contribution >= 0.6 is 28.1 Å². The van der Waals surface area contributed by atoms with Crippen LogP contribution in [-0.2, 0) is 0 Å². The molecule has 0 spiro atoms. The van der Waals surface area contributed by atoms with E-state index in [-0.39, 0.29) is 0 Å². The van der Waals surface area contributed by atoms with E-state index in [0.717, 1.165) is 10.0 Å². The second kappa shape index (κ2) is 4.72. The van der Waals surface area contributed by atoms with Crippen LogP contribution in [0.25, 0.3) is 0 Å². The molecule has 0 bridgehead atoms. The third kappa shape index (κ3) is 2.23. The van der Waals surface area contributed by atoms with E-state index >= 15 is 0 Å². The van der Waals surface area contributed by atoms with Gasteiger partial charge in [0.15, 0.2) is 0 Å². The Morgan fingerprint density at radius 2 is 2.19 bits per heavy atom. The van der Waals surface area contributed by atoms with Crippen LogP contribution in [-0.4, -0.2) is 18.1 Å². The number of nitrogens with two attached hydrogens (primary N) is 1. The summed E-state index contributed by atoms with van der Waals surface area (Å²) in [6.45, 7) is 0. The Balaban J connectivity index is 2.22. The third-order valence-electron chi connectivity index (χ3n) is 3.25. The van der Waals surface area contributed by atoms with Gasteiger partial charge in [-0.05, 0) is 53.4 Å². The van der Waals surface area contributed by atoms with Crippen molar-refractivity contribution in [1.82, 2.24) is 0 Å². The van der Waals surface area contributed by atoms with E-state index < -0.39 is 0 Å². The molecule has 2 N–H and O–H groups in total. The van der Waals surface area contributed by atoms with Crippen molar-refractivity contribution in [2.75, 3.05) is 11.9 Å². The fourth-order valence-electron chi connectivity index (χ4n) is 1.91. The van der Waals surface area contributed by atoms with E-state index in [4.69, 9.17) is 18.0 Å². The van der Waals surface area contributed by atoms with Crippen molar-refractivity contribution >= 4 is 38.8 Å². The normalized spacial score (nSPS) is 15.6. The van der Waals surface area contributed by atoms with E-state index in [0.29, 0.717) is 11.0 Å². The minimum absolute atomic E-state index is 0.435. The van der Waals surface area contributed by atoms with Crippen molar-refractivity contribution in [3.8, 4) is 0 Å². The first kappa shape index (κ1) is 11.9. The first-order valence-electron chi connectivity index (χ1n) is 5.42. The van der Waals surface area contributed by atoms with E-state index in [9.17, 15) is 0 Å². The Bertz CT molecular complexity index is 415. The minimum Gasteiger partial charge on any atom is -0.389 e. The molecular formula is C12H15BrN2S. The Labute approximate surface area is 110 Å². The number of rotatable bonds is 3. The predicted octanol–water partition coefficient (Wildman–Crippen LogP) is 3.07. The monoisotopic (exact) mass is 298 g/mol. The van der Waals surface area contributed by atoms with Gasteiger partial charge < -0.3 is 10.6 Å². The average molecular weight is 299 g/mol. The highest BCUT2D eigenvalue weighted by Crippen LogP contribution is 2.30. The minimum atomic E-state index is 0.435. The summed E-state index contributed by atoms with van der Waals surface area (Å²) in [6, 6.07) is 6.85. The predicted molar refractivity (Wildman–Crippen MR) is 76.1 cm³/mol. The number of benzene rings is 1. The SMILES string of the molecule is CN(c1ccc(C(N)=S)c(Br)c1)C1CCC1. The number of hydrogen-bond donors (Lipinski definition) is 1. The van der Waals surface area contributed by atoms with Gasteiger partial charge in [-0.2, -0.15) is 0 Å². The lowest BCUT2D eigenvalue weighted by atomic mass is 9.91. The molecule has 1 fully saturated rings. The van der Waals surface area contributed by atoms with Crippen LogP contribution in [0.15, 0.2) is 22.7 Å². The molecule has 0 unspecified atom stereocenters. The second-order valence-electron chi connectivity index (χ2n) is 4.22. The highest BCUT2D eigenvalue weighted by atomic mass is 79.9. The maximum atomic E-state index is 5.63. The number of halogens is 1. The number of nitrogens with zero attached hydrogens (tertiary/aromatic N) is 1. The standard InChI is InChI=1S/C12H15BrN2S/c1-15(8-3-2-4-8)9-5-6-10(12(14)16)11(13)7-9/h5-8H,2-4H2,1H3,(H2,14,16). The quantitative estimate of drug-likeness (QED) is 0.870. The van der Waals surface area contributed by atoms with Gasteiger partial charge in [-0.15, -0.1) is 0 Å². The van der Waals surface area contributed by atoms with Gasteiger partial charge >= 0.3 is 0 Å². The maximum absolute atomic E-state index is 5.63. The van der Waals surface area contributed by atoms with Crippen molar-refractivity contribution in [2.45, 2.75) is 25.3 Å². The number of anilines is 1. The van der Waals surface area contributed by atoms with E-state index in [1.165, 1.54) is 24.9 Å². The lowest BCUT2D eigenvalue weighted by Gasteiger charge is -2.36. The maximum Gasteiger partial charge on any atom is 0.105 e. The summed E-state index contributed by atoms with van der Waals surface area (Å²) in [5.74, 6) is 0. The molecule has 1 aromatic carbocycles. The van der Waals surface area contributed by atoms with Crippen molar-refractivity contribution in [3.05, 3.63) is 28.2 Å². The summed E-state index contributed by atoms with van der Waals surface area (Å²) >= 11 is 8.49. The molecule has 1 aliphatic carbocycles. The van der Waals surface area contributed by atoms with Crippen molar-refractivity contribution in [3.63, 3.8) is 0 Å². The second-order valence-corrected chi connectivity index (χ2v) is 5.52. The molecule has 86 valence electrons. The summed E-state index contributed by atoms with van der Waals surface area (Å²) in [4.78, 5) is 2.77. The fourth-order valence-corrected chi connectivity index (χ4v) is 2.80. The molecule has 0 aliphatic heterocycles. The first-order valence-corrected chi connectivity index (χ1v) is 6.62. The van der Waals surface area contributed by atoms with Crippen molar-refractivity contribution in [2.24, 2.45) is 5.73 Å². The smallest absolute Gasteiger partial charge is 0.105 e. The summed E-state index contributed by atoms with van der Waals surface area (Å²) in [5, 5.41) is 0. The summed E-state index contributed by atoms with van der Waals surface area (Å²) in [5.41, 5.74) is 7.75. The molecule has 0 radical (unpaired) electrons. The molecule has 2 rings (SSSR count). The van der Waals surface area contributed by atoms with Gasteiger partial charge in [0.05, 0.1) is 0 Å². The Hall–Kier alpha value is -0.610. The lowest BCUT2D eigenvalue weighted by Crippen LogP contribution is -2.37. The molecular weight excluding hydrogens is 284 g/mol. The lowest BCUT2D eigenvalue weighted by molar-refractivity contribution is 0.401. The van der Waals surface area contributed by atoms with Crippen LogP contribution in [0.3, 0.4) is 0 Å². The molecule has 0 saturated heterocycles. The molecule has 0 heterocycles. The Kier molecular flexibility index (Phi) is 3.50. The van der Waals surface area contributed by atoms with E-state index in [2.05, 4.69) is 40.0 Å². The van der Waals surface area contributed by atoms with Crippen LogP contribution < -0.4 is 10.6 Å². The molecule has 0 amide bonds. The summed E-state index contributed by atoms with van der Waals surface area (Å²) in [7, 11) is 2.14. The van der Waals surface area contributed by atoms with Crippen LogP contribution in [0, 0.1) is 0 Å². The van der Waals surface area contributed by atoms with E-state index in [1.807, 2.05) is 6.07 Å². The van der Waals surface area contributed by atoms with E-state index in [1.54, 1.807) is 0 Å². The van der Waals surface area contributed by atoms with Crippen LogP contribution in [0.5, 0.6) is 0 Å². The molecule has 4 heteroatoms. The summed E-state index contributed by atoms with van der Waals surface area (Å²) < 4.78 is 0.976. The Morgan fingerprint density at radius 3 is 2.62 bits per heavy atom. The third-order valence-corrected chi connectivity index (χ3v) is 4.12. The number of thiocarbonyl (C=S) groups is 1. The van der Waals surface area contributed by atoms with Gasteiger partial charge in [-0.3, -0.25) is 0 Å². The molecule has 0 atom stereocenters. The van der Waals surface area contributed by atoms with Gasteiger partial charge in [0.2, 0.25) is 0 Å². The largest absolute Gasteiger partial charge is 0.389 e. The molecule has 1 aliphatic rings. The topological polar surface area (TPSA) is 29.3 Å². The zero-order valence-corrected chi connectivity index (χ0v) is 11.6. The molecule has 1 saturated carbocycles.